The van der Waals surface area contributed by atoms with E-state index in [1.165, 1.54) is 0 Å². The van der Waals surface area contributed by atoms with Crippen LogP contribution in [0.1, 0.15) is 52.9 Å². The van der Waals surface area contributed by atoms with Gasteiger partial charge in [0.1, 0.15) is 12.1 Å². The first kappa shape index (κ1) is 23.6. The summed E-state index contributed by atoms with van der Waals surface area (Å²) < 4.78 is 5.08. The van der Waals surface area contributed by atoms with E-state index in [1.807, 2.05) is 13.8 Å². The van der Waals surface area contributed by atoms with Crippen molar-refractivity contribution in [2.24, 2.45) is 11.8 Å². The molecule has 1 heterocycles. The Morgan fingerprint density at radius 3 is 2.47 bits per heavy atom. The van der Waals surface area contributed by atoms with Crippen LogP contribution in [0.25, 0.3) is 0 Å². The average molecular weight is 445 g/mol. The lowest BCUT2D eigenvalue weighted by atomic mass is 9.75. The molecule has 0 unspecified atom stereocenters. The van der Waals surface area contributed by atoms with Gasteiger partial charge in [0.2, 0.25) is 5.91 Å². The monoisotopic (exact) mass is 444 g/mol. The van der Waals surface area contributed by atoms with Gasteiger partial charge in [-0.3, -0.25) is 19.8 Å². The molecule has 0 radical (unpaired) electrons. The zero-order chi connectivity index (χ0) is 23.3. The largest absolute Gasteiger partial charge is 0.449 e. The summed E-state index contributed by atoms with van der Waals surface area (Å²) in [5.41, 5.74) is 0.0171. The van der Waals surface area contributed by atoms with Gasteiger partial charge in [-0.15, -0.1) is 0 Å². The number of ether oxygens (including phenoxy) is 1. The Hall–Kier alpha value is -3.10. The molecule has 3 rings (SSSR count). The van der Waals surface area contributed by atoms with Crippen LogP contribution >= 0.6 is 0 Å². The van der Waals surface area contributed by atoms with Crippen LogP contribution in [-0.2, 0) is 14.3 Å². The minimum absolute atomic E-state index is 0.220. The second kappa shape index (κ2) is 10.0. The third-order valence-corrected chi connectivity index (χ3v) is 6.02. The molecular weight excluding hydrogens is 412 g/mol. The van der Waals surface area contributed by atoms with E-state index in [1.54, 1.807) is 24.3 Å². The zero-order valence-corrected chi connectivity index (χ0v) is 18.9. The highest BCUT2D eigenvalue weighted by molar-refractivity contribution is 6.10. The summed E-state index contributed by atoms with van der Waals surface area (Å²) in [7, 11) is 0. The number of amides is 5. The van der Waals surface area contributed by atoms with Crippen LogP contribution in [0.3, 0.4) is 0 Å². The molecule has 1 saturated carbocycles. The molecule has 32 heavy (non-hydrogen) atoms. The first-order valence-corrected chi connectivity index (χ1v) is 11.2. The smallest absolute Gasteiger partial charge is 0.411 e. The number of carbonyl (C=O) groups is 4. The second-order valence-electron chi connectivity index (χ2n) is 9.00. The van der Waals surface area contributed by atoms with Gasteiger partial charge in [-0.25, -0.2) is 9.59 Å². The minimum Gasteiger partial charge on any atom is -0.449 e. The van der Waals surface area contributed by atoms with E-state index in [0.29, 0.717) is 36.7 Å². The number of rotatable bonds is 7. The highest BCUT2D eigenvalue weighted by Crippen LogP contribution is 2.37. The molecular formula is C23H32N4O5. The standard InChI is InChI=1S/C23H32N4O5/c1-4-16-8-10-23(11-9-16)20(29)27(21(30)26-23)13-19(28)24-17-6-5-7-18(12-17)25-22(31)32-14-15(2)3/h5-7,12,15-16H,4,8-11,13-14H2,1-3H3,(H,24,28)(H,25,31)(H,26,30). The average Bonchev–Trinajstić information content (AvgIpc) is 2.97. The van der Waals surface area contributed by atoms with Crippen LogP contribution in [-0.4, -0.2) is 47.5 Å². The number of nitrogens with zero attached hydrogens (tertiary/aromatic N) is 1. The predicted molar refractivity (Wildman–Crippen MR) is 120 cm³/mol. The Morgan fingerprint density at radius 1 is 1.19 bits per heavy atom. The molecule has 3 N–H and O–H groups in total. The molecule has 0 bridgehead atoms. The number of carbonyl (C=O) groups excluding carboxylic acids is 4. The molecule has 1 saturated heterocycles. The molecule has 9 nitrogen and oxygen atoms in total. The number of hydrogen-bond acceptors (Lipinski definition) is 5. The molecule has 1 aromatic carbocycles. The molecule has 1 aliphatic heterocycles. The van der Waals surface area contributed by atoms with Gasteiger partial charge in [0, 0.05) is 11.4 Å². The van der Waals surface area contributed by atoms with E-state index in [-0.39, 0.29) is 18.4 Å². The van der Waals surface area contributed by atoms with Gasteiger partial charge in [0.05, 0.1) is 6.61 Å². The third kappa shape index (κ3) is 5.57. The number of anilines is 2. The fourth-order valence-corrected chi connectivity index (χ4v) is 4.15. The van der Waals surface area contributed by atoms with E-state index < -0.39 is 23.6 Å². The molecule has 9 heteroatoms. The maximum Gasteiger partial charge on any atom is 0.411 e. The van der Waals surface area contributed by atoms with Crippen LogP contribution in [0.4, 0.5) is 21.0 Å². The van der Waals surface area contributed by atoms with Gasteiger partial charge in [-0.2, -0.15) is 0 Å². The fraction of sp³-hybridized carbons (Fsp3) is 0.565. The van der Waals surface area contributed by atoms with E-state index in [2.05, 4.69) is 22.9 Å². The summed E-state index contributed by atoms with van der Waals surface area (Å²) in [6.07, 6.45) is 3.48. The van der Waals surface area contributed by atoms with Crippen LogP contribution in [0.15, 0.2) is 24.3 Å². The first-order valence-electron chi connectivity index (χ1n) is 11.2. The highest BCUT2D eigenvalue weighted by Gasteiger charge is 2.52. The molecule has 2 fully saturated rings. The van der Waals surface area contributed by atoms with E-state index in [4.69, 9.17) is 4.74 Å². The Labute approximate surface area is 188 Å². The van der Waals surface area contributed by atoms with Crippen molar-refractivity contribution in [2.45, 2.75) is 58.4 Å². The van der Waals surface area contributed by atoms with Gasteiger partial charge < -0.3 is 15.4 Å². The quantitative estimate of drug-likeness (QED) is 0.554. The van der Waals surface area contributed by atoms with Gasteiger partial charge in [-0.05, 0) is 55.7 Å². The summed E-state index contributed by atoms with van der Waals surface area (Å²) in [4.78, 5) is 50.8. The summed E-state index contributed by atoms with van der Waals surface area (Å²) in [6, 6.07) is 6.04. The number of benzene rings is 1. The molecule has 1 spiro atoms. The van der Waals surface area contributed by atoms with Crippen LogP contribution in [0.2, 0.25) is 0 Å². The lowest BCUT2D eigenvalue weighted by Crippen LogP contribution is -2.49. The van der Waals surface area contributed by atoms with Crippen molar-refractivity contribution in [3.63, 3.8) is 0 Å². The van der Waals surface area contributed by atoms with Crippen molar-refractivity contribution in [3.05, 3.63) is 24.3 Å². The van der Waals surface area contributed by atoms with Crippen molar-refractivity contribution in [2.75, 3.05) is 23.8 Å². The molecule has 174 valence electrons. The van der Waals surface area contributed by atoms with Gasteiger partial charge in [0.25, 0.3) is 5.91 Å². The molecule has 0 atom stereocenters. The summed E-state index contributed by atoms with van der Waals surface area (Å²) in [5, 5.41) is 8.11. The van der Waals surface area contributed by atoms with Crippen LogP contribution in [0, 0.1) is 11.8 Å². The summed E-state index contributed by atoms with van der Waals surface area (Å²) in [5.74, 6) is -0.0215. The summed E-state index contributed by atoms with van der Waals surface area (Å²) in [6.45, 7) is 5.94. The molecule has 1 aliphatic carbocycles. The third-order valence-electron chi connectivity index (χ3n) is 6.02. The minimum atomic E-state index is -0.872. The van der Waals surface area contributed by atoms with Gasteiger partial charge >= 0.3 is 12.1 Å². The van der Waals surface area contributed by atoms with E-state index in [9.17, 15) is 19.2 Å². The molecule has 5 amide bonds. The summed E-state index contributed by atoms with van der Waals surface area (Å²) >= 11 is 0. The van der Waals surface area contributed by atoms with Gasteiger partial charge in [-0.1, -0.05) is 33.3 Å². The van der Waals surface area contributed by atoms with Gasteiger partial charge in [0.15, 0.2) is 0 Å². The Balaban J connectivity index is 1.56. The van der Waals surface area contributed by atoms with Crippen molar-refractivity contribution in [3.8, 4) is 0 Å². The lowest BCUT2D eigenvalue weighted by molar-refractivity contribution is -0.135. The SMILES string of the molecule is CCC1CCC2(CC1)NC(=O)N(CC(=O)Nc1cccc(NC(=O)OCC(C)C)c1)C2=O. The fourth-order valence-electron chi connectivity index (χ4n) is 4.15. The molecule has 1 aromatic rings. The number of imide groups is 1. The molecule has 0 aromatic heterocycles. The highest BCUT2D eigenvalue weighted by atomic mass is 16.5. The maximum atomic E-state index is 13.0. The van der Waals surface area contributed by atoms with E-state index in [0.717, 1.165) is 24.2 Å². The number of hydrogen-bond donors (Lipinski definition) is 3. The van der Waals surface area contributed by atoms with E-state index >= 15 is 0 Å². The predicted octanol–water partition coefficient (Wildman–Crippen LogP) is 3.72. The van der Waals surface area contributed by atoms with Crippen molar-refractivity contribution in [1.29, 1.82) is 0 Å². The van der Waals surface area contributed by atoms with Crippen molar-refractivity contribution >= 4 is 35.3 Å². The van der Waals surface area contributed by atoms with Crippen molar-refractivity contribution in [1.82, 2.24) is 10.2 Å². The maximum absolute atomic E-state index is 13.0. The number of nitrogens with one attached hydrogen (secondary N) is 3. The van der Waals surface area contributed by atoms with Crippen LogP contribution in [0.5, 0.6) is 0 Å². The van der Waals surface area contributed by atoms with Crippen LogP contribution < -0.4 is 16.0 Å². The lowest BCUT2D eigenvalue weighted by Gasteiger charge is -2.34. The number of urea groups is 1. The first-order chi connectivity index (χ1) is 15.2. The molecule has 2 aliphatic rings. The Kier molecular flexibility index (Phi) is 7.37. The topological polar surface area (TPSA) is 117 Å². The van der Waals surface area contributed by atoms with Crippen molar-refractivity contribution < 1.29 is 23.9 Å². The Bertz CT molecular complexity index is 877. The zero-order valence-electron chi connectivity index (χ0n) is 18.9. The Morgan fingerprint density at radius 2 is 1.84 bits per heavy atom. The second-order valence-corrected chi connectivity index (χ2v) is 9.00. The normalized spacial score (nSPS) is 22.8.